The van der Waals surface area contributed by atoms with Crippen LogP contribution in [0.2, 0.25) is 0 Å². The normalized spacial score (nSPS) is 9.78. The van der Waals surface area contributed by atoms with E-state index in [1.165, 1.54) is 0 Å². The summed E-state index contributed by atoms with van der Waals surface area (Å²) in [5, 5.41) is 0. The lowest BCUT2D eigenvalue weighted by atomic mass is 10.4. The van der Waals surface area contributed by atoms with Crippen molar-refractivity contribution in [1.29, 1.82) is 0 Å². The fourth-order valence-corrected chi connectivity index (χ4v) is 0.412. The van der Waals surface area contributed by atoms with Gasteiger partial charge in [-0.2, -0.15) is 0 Å². The standard InChI is InChI=1S/C5H12N2O2/c1-2-9-5(8)3-4(6)7/h4H,2-3,6-7H2,1H3. The molecule has 4 N–H and O–H groups in total. The second kappa shape index (κ2) is 4.29. The fourth-order valence-electron chi connectivity index (χ4n) is 0.412. The molecule has 0 radical (unpaired) electrons. The minimum atomic E-state index is -0.593. The zero-order chi connectivity index (χ0) is 7.28. The van der Waals surface area contributed by atoms with Crippen LogP contribution in [0.1, 0.15) is 13.3 Å². The van der Waals surface area contributed by atoms with E-state index < -0.39 is 6.17 Å². The van der Waals surface area contributed by atoms with E-state index in [2.05, 4.69) is 4.74 Å². The first-order chi connectivity index (χ1) is 4.16. The Hall–Kier alpha value is -0.610. The maximum absolute atomic E-state index is 10.5. The van der Waals surface area contributed by atoms with Gasteiger partial charge >= 0.3 is 5.97 Å². The maximum Gasteiger partial charge on any atom is 0.308 e. The van der Waals surface area contributed by atoms with E-state index >= 15 is 0 Å². The van der Waals surface area contributed by atoms with Crippen LogP contribution >= 0.6 is 0 Å². The van der Waals surface area contributed by atoms with Crippen LogP contribution in [-0.4, -0.2) is 18.7 Å². The lowest BCUT2D eigenvalue weighted by molar-refractivity contribution is -0.143. The van der Waals surface area contributed by atoms with Crippen molar-refractivity contribution in [2.75, 3.05) is 6.61 Å². The average Bonchev–Trinajstić information content (AvgIpc) is 1.63. The van der Waals surface area contributed by atoms with E-state index in [1.54, 1.807) is 6.92 Å². The van der Waals surface area contributed by atoms with Gasteiger partial charge in [0, 0.05) is 0 Å². The van der Waals surface area contributed by atoms with Crippen molar-refractivity contribution in [3.05, 3.63) is 0 Å². The van der Waals surface area contributed by atoms with E-state index in [0.29, 0.717) is 6.61 Å². The van der Waals surface area contributed by atoms with Crippen LogP contribution in [0.3, 0.4) is 0 Å². The van der Waals surface area contributed by atoms with E-state index in [9.17, 15) is 4.79 Å². The smallest absolute Gasteiger partial charge is 0.308 e. The summed E-state index contributed by atoms with van der Waals surface area (Å²) in [6.07, 6.45) is -0.502. The lowest BCUT2D eigenvalue weighted by Crippen LogP contribution is -2.33. The molecule has 0 aliphatic rings. The highest BCUT2D eigenvalue weighted by molar-refractivity contribution is 5.69. The molecule has 0 amide bonds. The Morgan fingerprint density at radius 3 is 2.56 bits per heavy atom. The molecule has 0 aromatic heterocycles. The summed E-state index contributed by atoms with van der Waals surface area (Å²) in [6, 6.07) is 0. The number of carbonyl (C=O) groups excluding carboxylic acids is 1. The van der Waals surface area contributed by atoms with Crippen LogP contribution in [0, 0.1) is 0 Å². The van der Waals surface area contributed by atoms with Gasteiger partial charge in [0.1, 0.15) is 0 Å². The Morgan fingerprint density at radius 1 is 1.67 bits per heavy atom. The number of rotatable bonds is 3. The molecule has 0 saturated carbocycles. The molecule has 54 valence electrons. The average molecular weight is 132 g/mol. The third-order valence-corrected chi connectivity index (χ3v) is 0.708. The van der Waals surface area contributed by atoms with Crippen molar-refractivity contribution in [2.45, 2.75) is 19.5 Å². The number of hydrogen-bond donors (Lipinski definition) is 2. The molecule has 0 fully saturated rings. The summed E-state index contributed by atoms with van der Waals surface area (Å²) < 4.78 is 4.55. The zero-order valence-electron chi connectivity index (χ0n) is 5.46. The molecule has 4 nitrogen and oxygen atoms in total. The van der Waals surface area contributed by atoms with Crippen molar-refractivity contribution < 1.29 is 9.53 Å². The fraction of sp³-hybridized carbons (Fsp3) is 0.800. The predicted molar refractivity (Wildman–Crippen MR) is 33.4 cm³/mol. The first-order valence-corrected chi connectivity index (χ1v) is 2.83. The molecule has 0 unspecified atom stereocenters. The minimum absolute atomic E-state index is 0.0911. The van der Waals surface area contributed by atoms with Crippen molar-refractivity contribution in [1.82, 2.24) is 0 Å². The van der Waals surface area contributed by atoms with Gasteiger partial charge in [-0.3, -0.25) is 4.79 Å². The van der Waals surface area contributed by atoms with Gasteiger partial charge in [0.15, 0.2) is 0 Å². The van der Waals surface area contributed by atoms with Gasteiger partial charge in [0.25, 0.3) is 0 Å². The predicted octanol–water partition coefficient (Wildman–Crippen LogP) is -0.817. The first-order valence-electron chi connectivity index (χ1n) is 2.83. The lowest BCUT2D eigenvalue weighted by Gasteiger charge is -2.02. The van der Waals surface area contributed by atoms with Gasteiger partial charge in [-0.15, -0.1) is 0 Å². The highest BCUT2D eigenvalue weighted by Crippen LogP contribution is 1.84. The Labute approximate surface area is 54.2 Å². The van der Waals surface area contributed by atoms with E-state index in [1.807, 2.05) is 0 Å². The van der Waals surface area contributed by atoms with Crippen molar-refractivity contribution in [2.24, 2.45) is 11.5 Å². The maximum atomic E-state index is 10.5. The Morgan fingerprint density at radius 2 is 2.22 bits per heavy atom. The van der Waals surface area contributed by atoms with Crippen LogP contribution in [0.25, 0.3) is 0 Å². The van der Waals surface area contributed by atoms with Crippen LogP contribution in [0.15, 0.2) is 0 Å². The number of ether oxygens (including phenoxy) is 1. The number of carbonyl (C=O) groups is 1. The number of esters is 1. The molecule has 0 saturated heterocycles. The molecule has 0 rings (SSSR count). The third-order valence-electron chi connectivity index (χ3n) is 0.708. The summed E-state index contributed by atoms with van der Waals surface area (Å²) in [4.78, 5) is 10.5. The van der Waals surface area contributed by atoms with Gasteiger partial charge in [-0.25, -0.2) is 0 Å². The van der Waals surface area contributed by atoms with Crippen molar-refractivity contribution in [3.63, 3.8) is 0 Å². The minimum Gasteiger partial charge on any atom is -0.466 e. The summed E-state index contributed by atoms with van der Waals surface area (Å²) in [5.74, 6) is -0.340. The van der Waals surface area contributed by atoms with E-state index in [0.717, 1.165) is 0 Å². The molecular weight excluding hydrogens is 120 g/mol. The number of nitrogens with two attached hydrogens (primary N) is 2. The van der Waals surface area contributed by atoms with Gasteiger partial charge in [0.2, 0.25) is 0 Å². The van der Waals surface area contributed by atoms with Gasteiger partial charge < -0.3 is 16.2 Å². The van der Waals surface area contributed by atoms with Gasteiger partial charge in [-0.05, 0) is 6.92 Å². The second-order valence-corrected chi connectivity index (χ2v) is 1.67. The van der Waals surface area contributed by atoms with Crippen LogP contribution in [0.4, 0.5) is 0 Å². The molecule has 0 aromatic rings. The van der Waals surface area contributed by atoms with Crippen LogP contribution < -0.4 is 11.5 Å². The summed E-state index contributed by atoms with van der Waals surface area (Å²) in [7, 11) is 0. The summed E-state index contributed by atoms with van der Waals surface area (Å²) in [5.41, 5.74) is 10.2. The molecule has 9 heavy (non-hydrogen) atoms. The van der Waals surface area contributed by atoms with E-state index in [4.69, 9.17) is 11.5 Å². The van der Waals surface area contributed by atoms with Gasteiger partial charge in [-0.1, -0.05) is 0 Å². The molecule has 0 bridgehead atoms. The molecule has 0 spiro atoms. The molecule has 0 aliphatic heterocycles. The SMILES string of the molecule is CCOC(=O)CC(N)N. The molecule has 0 atom stereocenters. The summed E-state index contributed by atoms with van der Waals surface area (Å²) >= 11 is 0. The number of hydrogen-bond acceptors (Lipinski definition) is 4. The zero-order valence-corrected chi connectivity index (χ0v) is 5.46. The third kappa shape index (κ3) is 5.26. The monoisotopic (exact) mass is 132 g/mol. The quantitative estimate of drug-likeness (QED) is 0.388. The van der Waals surface area contributed by atoms with Gasteiger partial charge in [0.05, 0.1) is 19.2 Å². The largest absolute Gasteiger partial charge is 0.466 e. The highest BCUT2D eigenvalue weighted by atomic mass is 16.5. The summed E-state index contributed by atoms with van der Waals surface area (Å²) in [6.45, 7) is 2.12. The Bertz CT molecular complexity index is 93.0. The Balaban J connectivity index is 3.27. The Kier molecular flexibility index (Phi) is 4.00. The van der Waals surface area contributed by atoms with Crippen LogP contribution in [-0.2, 0) is 9.53 Å². The van der Waals surface area contributed by atoms with E-state index in [-0.39, 0.29) is 12.4 Å². The van der Waals surface area contributed by atoms with Crippen molar-refractivity contribution >= 4 is 5.97 Å². The molecule has 0 aromatic carbocycles. The topological polar surface area (TPSA) is 78.3 Å². The molecular formula is C5H12N2O2. The molecule has 0 aliphatic carbocycles. The molecule has 0 heterocycles. The highest BCUT2D eigenvalue weighted by Gasteiger charge is 2.03. The first kappa shape index (κ1) is 8.39. The van der Waals surface area contributed by atoms with Crippen LogP contribution in [0.5, 0.6) is 0 Å². The molecule has 4 heteroatoms. The van der Waals surface area contributed by atoms with Crippen molar-refractivity contribution in [3.8, 4) is 0 Å². The second-order valence-electron chi connectivity index (χ2n) is 1.67.